The molecule has 1 aliphatic heterocycles. The average molecular weight is 424 g/mol. The summed E-state index contributed by atoms with van der Waals surface area (Å²) in [6.07, 6.45) is -0.272. The highest BCUT2D eigenvalue weighted by molar-refractivity contribution is 5.84. The van der Waals surface area contributed by atoms with E-state index in [-0.39, 0.29) is 19.3 Å². The summed E-state index contributed by atoms with van der Waals surface area (Å²) in [5.74, 6) is -0.509. The van der Waals surface area contributed by atoms with Crippen LogP contribution >= 0.6 is 0 Å². The summed E-state index contributed by atoms with van der Waals surface area (Å²) < 4.78 is 10.8. The molecule has 1 amide bonds. The molecule has 0 spiro atoms. The number of esters is 1. The van der Waals surface area contributed by atoms with Crippen LogP contribution in [0.1, 0.15) is 28.2 Å². The summed E-state index contributed by atoms with van der Waals surface area (Å²) in [5.41, 5.74) is 5.94. The fraction of sp³-hybridized carbons (Fsp3) is 0.192. The summed E-state index contributed by atoms with van der Waals surface area (Å²) in [6, 6.07) is 24.5. The second kappa shape index (κ2) is 8.20. The van der Waals surface area contributed by atoms with Gasteiger partial charge < -0.3 is 9.47 Å². The van der Waals surface area contributed by atoms with Gasteiger partial charge in [0.2, 0.25) is 0 Å². The molecule has 1 aliphatic carbocycles. The van der Waals surface area contributed by atoms with Crippen molar-refractivity contribution in [3.8, 4) is 17.2 Å². The van der Waals surface area contributed by atoms with Gasteiger partial charge in [0.15, 0.2) is 6.73 Å². The first-order chi connectivity index (χ1) is 15.7. The van der Waals surface area contributed by atoms with Gasteiger partial charge >= 0.3 is 12.1 Å². The molecule has 5 rings (SSSR count). The molecule has 6 nitrogen and oxygen atoms in total. The lowest BCUT2D eigenvalue weighted by Crippen LogP contribution is -2.40. The number of fused-ring (bicyclic) bond motifs is 3. The van der Waals surface area contributed by atoms with E-state index in [1.807, 2.05) is 24.3 Å². The predicted octanol–water partition coefficient (Wildman–Crippen LogP) is 4.23. The van der Waals surface area contributed by atoms with E-state index in [1.165, 1.54) is 4.90 Å². The van der Waals surface area contributed by atoms with Crippen molar-refractivity contribution in [2.75, 3.05) is 13.3 Å². The Balaban J connectivity index is 1.30. The van der Waals surface area contributed by atoms with Gasteiger partial charge in [0.05, 0.1) is 11.6 Å². The lowest BCUT2D eigenvalue weighted by atomic mass is 9.98. The standard InChI is InChI=1S/C26H20N2O4/c27-14-18-11-9-17(10-12-18)13-24-25(29)32-16-28(24)26(30)31-15-23-21-7-3-1-5-19(21)20-6-2-4-8-22(20)23/h1-12,23-24H,13,15-16H2/t24-/m0/s1. The number of carbonyl (C=O) groups is 2. The highest BCUT2D eigenvalue weighted by atomic mass is 16.6. The van der Waals surface area contributed by atoms with Gasteiger partial charge in [0.25, 0.3) is 0 Å². The Morgan fingerprint density at radius 1 is 1.00 bits per heavy atom. The number of ether oxygens (including phenoxy) is 2. The third-order valence-electron chi connectivity index (χ3n) is 6.08. The van der Waals surface area contributed by atoms with Crippen LogP contribution in [0.15, 0.2) is 72.8 Å². The Morgan fingerprint density at radius 2 is 1.62 bits per heavy atom. The maximum absolute atomic E-state index is 12.9. The summed E-state index contributed by atoms with van der Waals surface area (Å²) in [5, 5.41) is 8.95. The van der Waals surface area contributed by atoms with Gasteiger partial charge in [-0.15, -0.1) is 0 Å². The van der Waals surface area contributed by atoms with Crippen molar-refractivity contribution < 1.29 is 19.1 Å². The molecular weight excluding hydrogens is 404 g/mol. The van der Waals surface area contributed by atoms with E-state index in [1.54, 1.807) is 24.3 Å². The van der Waals surface area contributed by atoms with Crippen molar-refractivity contribution in [2.24, 2.45) is 0 Å². The maximum Gasteiger partial charge on any atom is 0.413 e. The van der Waals surface area contributed by atoms with Gasteiger partial charge in [-0.2, -0.15) is 5.26 Å². The fourth-order valence-electron chi connectivity index (χ4n) is 4.44. The Labute approximate surface area is 185 Å². The smallest absolute Gasteiger partial charge is 0.413 e. The summed E-state index contributed by atoms with van der Waals surface area (Å²) in [6.45, 7) is 0.0532. The molecule has 0 aromatic heterocycles. The van der Waals surface area contributed by atoms with Gasteiger partial charge in [0, 0.05) is 12.3 Å². The Hall–Kier alpha value is -4.11. The Morgan fingerprint density at radius 3 is 2.25 bits per heavy atom. The molecule has 2 aliphatic rings. The molecule has 0 radical (unpaired) electrons. The quantitative estimate of drug-likeness (QED) is 0.586. The van der Waals surface area contributed by atoms with Crippen LogP contribution in [-0.2, 0) is 20.7 Å². The molecule has 32 heavy (non-hydrogen) atoms. The van der Waals surface area contributed by atoms with Crippen LogP contribution in [0.5, 0.6) is 0 Å². The van der Waals surface area contributed by atoms with Crippen molar-refractivity contribution in [2.45, 2.75) is 18.4 Å². The average Bonchev–Trinajstić information content (AvgIpc) is 3.36. The van der Waals surface area contributed by atoms with E-state index in [0.717, 1.165) is 27.8 Å². The lowest BCUT2D eigenvalue weighted by molar-refractivity contribution is -0.139. The van der Waals surface area contributed by atoms with Crippen molar-refractivity contribution in [1.29, 1.82) is 5.26 Å². The van der Waals surface area contributed by atoms with Crippen LogP contribution in [0.25, 0.3) is 11.1 Å². The lowest BCUT2D eigenvalue weighted by Gasteiger charge is -2.21. The molecule has 1 fully saturated rings. The van der Waals surface area contributed by atoms with Crippen LogP contribution in [0.2, 0.25) is 0 Å². The molecule has 0 unspecified atom stereocenters. The van der Waals surface area contributed by atoms with E-state index in [2.05, 4.69) is 30.3 Å². The molecule has 0 saturated carbocycles. The molecule has 1 heterocycles. The first-order valence-electron chi connectivity index (χ1n) is 10.4. The van der Waals surface area contributed by atoms with E-state index < -0.39 is 18.1 Å². The number of amides is 1. The molecule has 3 aromatic rings. The van der Waals surface area contributed by atoms with E-state index in [9.17, 15) is 9.59 Å². The maximum atomic E-state index is 12.9. The van der Waals surface area contributed by atoms with Crippen molar-refractivity contribution in [3.63, 3.8) is 0 Å². The molecular formula is C26H20N2O4. The Bertz CT molecular complexity index is 1180. The van der Waals surface area contributed by atoms with Gasteiger partial charge in [-0.05, 0) is 39.9 Å². The van der Waals surface area contributed by atoms with Crippen LogP contribution in [-0.4, -0.2) is 36.3 Å². The number of nitrogens with zero attached hydrogens (tertiary/aromatic N) is 2. The third-order valence-corrected chi connectivity index (χ3v) is 6.08. The summed E-state index contributed by atoms with van der Waals surface area (Å²) in [4.78, 5) is 26.5. The minimum absolute atomic E-state index is 0.0532. The minimum Gasteiger partial charge on any atom is -0.448 e. The molecule has 1 atom stereocenters. The fourth-order valence-corrected chi connectivity index (χ4v) is 4.44. The van der Waals surface area contributed by atoms with Crippen molar-refractivity contribution >= 4 is 12.1 Å². The van der Waals surface area contributed by atoms with E-state index in [4.69, 9.17) is 14.7 Å². The van der Waals surface area contributed by atoms with Crippen molar-refractivity contribution in [3.05, 3.63) is 95.1 Å². The molecule has 0 N–H and O–H groups in total. The molecule has 6 heteroatoms. The van der Waals surface area contributed by atoms with Gasteiger partial charge in [-0.25, -0.2) is 9.59 Å². The Kier molecular flexibility index (Phi) is 5.08. The predicted molar refractivity (Wildman–Crippen MR) is 117 cm³/mol. The first-order valence-corrected chi connectivity index (χ1v) is 10.4. The second-order valence-electron chi connectivity index (χ2n) is 7.89. The first kappa shape index (κ1) is 19.8. The highest BCUT2D eigenvalue weighted by Gasteiger charge is 2.39. The second-order valence-corrected chi connectivity index (χ2v) is 7.89. The van der Waals surface area contributed by atoms with Crippen LogP contribution < -0.4 is 0 Å². The van der Waals surface area contributed by atoms with E-state index >= 15 is 0 Å². The minimum atomic E-state index is -0.751. The highest BCUT2D eigenvalue weighted by Crippen LogP contribution is 2.44. The number of rotatable bonds is 4. The van der Waals surface area contributed by atoms with Gasteiger partial charge in [-0.3, -0.25) is 4.90 Å². The van der Waals surface area contributed by atoms with Crippen LogP contribution in [0.3, 0.4) is 0 Å². The number of hydrogen-bond acceptors (Lipinski definition) is 5. The number of hydrogen-bond donors (Lipinski definition) is 0. The van der Waals surface area contributed by atoms with Crippen LogP contribution in [0, 0.1) is 11.3 Å². The summed E-state index contributed by atoms with van der Waals surface area (Å²) in [7, 11) is 0. The number of carbonyl (C=O) groups excluding carboxylic acids is 2. The number of benzene rings is 3. The van der Waals surface area contributed by atoms with Crippen molar-refractivity contribution in [1.82, 2.24) is 4.90 Å². The monoisotopic (exact) mass is 424 g/mol. The summed E-state index contributed by atoms with van der Waals surface area (Å²) >= 11 is 0. The number of nitriles is 1. The third kappa shape index (κ3) is 3.48. The normalized spacial score (nSPS) is 16.8. The van der Waals surface area contributed by atoms with E-state index in [0.29, 0.717) is 12.0 Å². The van der Waals surface area contributed by atoms with Gasteiger partial charge in [0.1, 0.15) is 12.6 Å². The molecule has 158 valence electrons. The SMILES string of the molecule is N#Cc1ccc(C[C@H]2C(=O)OCN2C(=O)OCC2c3ccccc3-c3ccccc32)cc1. The number of cyclic esters (lactones) is 1. The largest absolute Gasteiger partial charge is 0.448 e. The zero-order valence-electron chi connectivity index (χ0n) is 17.2. The topological polar surface area (TPSA) is 79.6 Å². The molecule has 3 aromatic carbocycles. The molecule has 1 saturated heterocycles. The molecule has 0 bridgehead atoms. The zero-order valence-corrected chi connectivity index (χ0v) is 17.2. The van der Waals surface area contributed by atoms with Gasteiger partial charge in [-0.1, -0.05) is 60.7 Å². The zero-order chi connectivity index (χ0) is 22.1. The van der Waals surface area contributed by atoms with Crippen LogP contribution in [0.4, 0.5) is 4.79 Å².